The van der Waals surface area contributed by atoms with E-state index in [1.165, 1.54) is 0 Å². The van der Waals surface area contributed by atoms with Gasteiger partial charge in [-0.05, 0) is 17.7 Å². The van der Waals surface area contributed by atoms with Crippen LogP contribution in [0.25, 0.3) is 6.08 Å². The first kappa shape index (κ1) is 6.57. The van der Waals surface area contributed by atoms with Crippen molar-refractivity contribution in [3.05, 3.63) is 42.0 Å². The SMILES string of the molecule is C=Cc1c[c]c(C#N)cc1. The van der Waals surface area contributed by atoms with Crippen molar-refractivity contribution < 1.29 is 0 Å². The number of benzene rings is 1. The number of rotatable bonds is 1. The van der Waals surface area contributed by atoms with E-state index >= 15 is 0 Å². The Balaban J connectivity index is 3.04. The smallest absolute Gasteiger partial charge is 0.0998 e. The quantitative estimate of drug-likeness (QED) is 0.567. The highest BCUT2D eigenvalue weighted by atomic mass is 14.2. The average molecular weight is 128 g/mol. The molecule has 0 unspecified atom stereocenters. The van der Waals surface area contributed by atoms with E-state index in [4.69, 9.17) is 5.26 Å². The van der Waals surface area contributed by atoms with E-state index in [9.17, 15) is 0 Å². The van der Waals surface area contributed by atoms with E-state index in [0.29, 0.717) is 5.56 Å². The lowest BCUT2D eigenvalue weighted by atomic mass is 10.1. The van der Waals surface area contributed by atoms with Gasteiger partial charge in [0, 0.05) is 6.07 Å². The van der Waals surface area contributed by atoms with E-state index in [-0.39, 0.29) is 0 Å². The van der Waals surface area contributed by atoms with Gasteiger partial charge in [-0.2, -0.15) is 5.26 Å². The number of hydrogen-bond donors (Lipinski definition) is 0. The van der Waals surface area contributed by atoms with Gasteiger partial charge in [0.25, 0.3) is 0 Å². The van der Waals surface area contributed by atoms with E-state index < -0.39 is 0 Å². The second-order valence-electron chi connectivity index (χ2n) is 1.85. The number of nitrogens with zero attached hydrogens (tertiary/aromatic N) is 1. The van der Waals surface area contributed by atoms with E-state index in [0.717, 1.165) is 5.56 Å². The fourth-order valence-corrected chi connectivity index (χ4v) is 0.633. The van der Waals surface area contributed by atoms with Gasteiger partial charge in [0.2, 0.25) is 0 Å². The van der Waals surface area contributed by atoms with Crippen molar-refractivity contribution in [3.8, 4) is 6.07 Å². The molecule has 10 heavy (non-hydrogen) atoms. The highest BCUT2D eigenvalue weighted by Crippen LogP contribution is 2.02. The number of hydrogen-bond acceptors (Lipinski definition) is 1. The molecule has 0 atom stereocenters. The molecule has 0 N–H and O–H groups in total. The van der Waals surface area contributed by atoms with Gasteiger partial charge in [-0.25, -0.2) is 0 Å². The van der Waals surface area contributed by atoms with Gasteiger partial charge in [-0.15, -0.1) is 0 Å². The summed E-state index contributed by atoms with van der Waals surface area (Å²) < 4.78 is 0. The average Bonchev–Trinajstić information content (AvgIpc) is 2.05. The molecule has 1 aromatic rings. The Morgan fingerprint density at radius 1 is 1.60 bits per heavy atom. The predicted molar refractivity (Wildman–Crippen MR) is 40.1 cm³/mol. The number of nitriles is 1. The second-order valence-corrected chi connectivity index (χ2v) is 1.85. The predicted octanol–water partition coefficient (Wildman–Crippen LogP) is 2.00. The van der Waals surface area contributed by atoms with Gasteiger partial charge in [0.05, 0.1) is 11.6 Å². The van der Waals surface area contributed by atoms with Gasteiger partial charge in [0.1, 0.15) is 0 Å². The van der Waals surface area contributed by atoms with E-state index in [1.807, 2.05) is 12.1 Å². The van der Waals surface area contributed by atoms with Crippen LogP contribution in [0.2, 0.25) is 0 Å². The lowest BCUT2D eigenvalue weighted by molar-refractivity contribution is 1.47. The summed E-state index contributed by atoms with van der Waals surface area (Å²) in [5.74, 6) is 0. The van der Waals surface area contributed by atoms with Crippen LogP contribution in [0.3, 0.4) is 0 Å². The summed E-state index contributed by atoms with van der Waals surface area (Å²) in [5.41, 5.74) is 1.55. The van der Waals surface area contributed by atoms with Crippen LogP contribution < -0.4 is 0 Å². The van der Waals surface area contributed by atoms with Crippen molar-refractivity contribution in [2.75, 3.05) is 0 Å². The monoisotopic (exact) mass is 128 g/mol. The summed E-state index contributed by atoms with van der Waals surface area (Å²) in [6.45, 7) is 3.58. The molecule has 0 bridgehead atoms. The Bertz CT molecular complexity index is 264. The zero-order chi connectivity index (χ0) is 7.40. The van der Waals surface area contributed by atoms with E-state index in [1.54, 1.807) is 18.2 Å². The topological polar surface area (TPSA) is 23.8 Å². The van der Waals surface area contributed by atoms with Crippen molar-refractivity contribution >= 4 is 6.08 Å². The highest BCUT2D eigenvalue weighted by Gasteiger charge is 1.87. The molecule has 0 aliphatic heterocycles. The Kier molecular flexibility index (Phi) is 1.86. The van der Waals surface area contributed by atoms with Crippen molar-refractivity contribution in [1.82, 2.24) is 0 Å². The molecule has 0 aliphatic rings. The molecule has 0 aromatic heterocycles. The fraction of sp³-hybridized carbons (Fsp3) is 0. The summed E-state index contributed by atoms with van der Waals surface area (Å²) in [6, 6.07) is 10.1. The van der Waals surface area contributed by atoms with Crippen LogP contribution in [0.15, 0.2) is 24.8 Å². The summed E-state index contributed by atoms with van der Waals surface area (Å²) in [5, 5.41) is 8.39. The highest BCUT2D eigenvalue weighted by molar-refractivity contribution is 5.48. The molecular weight excluding hydrogens is 122 g/mol. The second kappa shape index (κ2) is 2.84. The molecule has 0 spiro atoms. The third-order valence-electron chi connectivity index (χ3n) is 1.19. The largest absolute Gasteiger partial charge is 0.192 e. The standard InChI is InChI=1S/C9H6N/c1-2-8-3-5-9(7-10)6-4-8/h2-5H,1H2. The summed E-state index contributed by atoms with van der Waals surface area (Å²) in [7, 11) is 0. The third kappa shape index (κ3) is 1.24. The maximum Gasteiger partial charge on any atom is 0.0998 e. The molecule has 1 radical (unpaired) electrons. The fourth-order valence-electron chi connectivity index (χ4n) is 0.633. The Hall–Kier alpha value is -1.55. The first-order valence-electron chi connectivity index (χ1n) is 2.91. The van der Waals surface area contributed by atoms with Crippen molar-refractivity contribution in [2.24, 2.45) is 0 Å². The molecule has 0 saturated heterocycles. The first-order valence-corrected chi connectivity index (χ1v) is 2.91. The van der Waals surface area contributed by atoms with Gasteiger partial charge in [-0.3, -0.25) is 0 Å². The third-order valence-corrected chi connectivity index (χ3v) is 1.19. The van der Waals surface area contributed by atoms with Crippen LogP contribution in [0.1, 0.15) is 11.1 Å². The zero-order valence-corrected chi connectivity index (χ0v) is 5.46. The maximum absolute atomic E-state index is 8.39. The molecule has 1 nitrogen and oxygen atoms in total. The van der Waals surface area contributed by atoms with Crippen molar-refractivity contribution in [2.45, 2.75) is 0 Å². The summed E-state index contributed by atoms with van der Waals surface area (Å²) in [4.78, 5) is 0. The van der Waals surface area contributed by atoms with Gasteiger partial charge in [0.15, 0.2) is 0 Å². The lowest BCUT2D eigenvalue weighted by Gasteiger charge is -1.89. The van der Waals surface area contributed by atoms with E-state index in [2.05, 4.69) is 12.6 Å². The molecule has 47 valence electrons. The van der Waals surface area contributed by atoms with Crippen molar-refractivity contribution in [1.29, 1.82) is 5.26 Å². The van der Waals surface area contributed by atoms with Crippen LogP contribution in [-0.4, -0.2) is 0 Å². The molecule has 0 saturated carbocycles. The van der Waals surface area contributed by atoms with Crippen molar-refractivity contribution in [3.63, 3.8) is 0 Å². The van der Waals surface area contributed by atoms with Gasteiger partial charge in [-0.1, -0.05) is 18.7 Å². The maximum atomic E-state index is 8.39. The van der Waals surface area contributed by atoms with Crippen LogP contribution in [0, 0.1) is 17.4 Å². The minimum Gasteiger partial charge on any atom is -0.192 e. The zero-order valence-electron chi connectivity index (χ0n) is 5.46. The molecule has 1 aromatic carbocycles. The Labute approximate surface area is 60.2 Å². The summed E-state index contributed by atoms with van der Waals surface area (Å²) >= 11 is 0. The Morgan fingerprint density at radius 2 is 2.40 bits per heavy atom. The van der Waals surface area contributed by atoms with Gasteiger partial charge < -0.3 is 0 Å². The van der Waals surface area contributed by atoms with Crippen LogP contribution in [-0.2, 0) is 0 Å². The molecule has 1 rings (SSSR count). The van der Waals surface area contributed by atoms with Crippen LogP contribution >= 0.6 is 0 Å². The summed E-state index contributed by atoms with van der Waals surface area (Å²) in [6.07, 6.45) is 1.72. The molecular formula is C9H6N. The minimum atomic E-state index is 0.561. The van der Waals surface area contributed by atoms with Crippen LogP contribution in [0.5, 0.6) is 0 Å². The lowest BCUT2D eigenvalue weighted by Crippen LogP contribution is -1.74. The van der Waals surface area contributed by atoms with Crippen LogP contribution in [0.4, 0.5) is 0 Å². The molecule has 0 amide bonds. The molecule has 1 heteroatoms. The minimum absolute atomic E-state index is 0.561. The first-order chi connectivity index (χ1) is 4.86. The Morgan fingerprint density at radius 3 is 2.80 bits per heavy atom. The molecule has 0 fully saturated rings. The van der Waals surface area contributed by atoms with Gasteiger partial charge >= 0.3 is 0 Å². The normalized spacial score (nSPS) is 8.30. The molecule has 0 heterocycles. The molecule has 0 aliphatic carbocycles.